The first-order chi connectivity index (χ1) is 7.65. The van der Waals surface area contributed by atoms with Gasteiger partial charge in [0.05, 0.1) is 5.56 Å². The van der Waals surface area contributed by atoms with Crippen molar-refractivity contribution in [2.24, 2.45) is 0 Å². The maximum Gasteiger partial charge on any atom is 0.341 e. The zero-order chi connectivity index (χ0) is 12.0. The van der Waals surface area contributed by atoms with Crippen LogP contribution in [0, 0.1) is 11.3 Å². The van der Waals surface area contributed by atoms with Crippen LogP contribution < -0.4 is 0 Å². The maximum atomic E-state index is 12.1. The van der Waals surface area contributed by atoms with Crippen LogP contribution in [-0.2, 0) is 4.74 Å². The Morgan fingerprint density at radius 2 is 2.44 bits per heavy atom. The summed E-state index contributed by atoms with van der Waals surface area (Å²) in [5.41, 5.74) is -0.0666. The molecule has 4 nitrogen and oxygen atoms in total. The first kappa shape index (κ1) is 12.4. The van der Waals surface area contributed by atoms with E-state index in [0.29, 0.717) is 0 Å². The van der Waals surface area contributed by atoms with E-state index in [0.717, 1.165) is 0 Å². The minimum atomic E-state index is -2.67. The number of ether oxygens (including phenoxy) is 1. The third kappa shape index (κ3) is 3.47. The van der Waals surface area contributed by atoms with Gasteiger partial charge < -0.3 is 4.74 Å². The average Bonchev–Trinajstić information content (AvgIpc) is 2.26. The Hall–Kier alpha value is -1.68. The van der Waals surface area contributed by atoms with Gasteiger partial charge in [-0.2, -0.15) is 14.0 Å². The van der Waals surface area contributed by atoms with Gasteiger partial charge in [0.1, 0.15) is 11.1 Å². The predicted octanol–water partition coefficient (Wildman–Crippen LogP) is 2.08. The van der Waals surface area contributed by atoms with Crippen molar-refractivity contribution in [2.75, 3.05) is 6.61 Å². The third-order valence-corrected chi connectivity index (χ3v) is 2.19. The van der Waals surface area contributed by atoms with Crippen LogP contribution in [0.4, 0.5) is 8.78 Å². The van der Waals surface area contributed by atoms with E-state index < -0.39 is 18.3 Å². The van der Waals surface area contributed by atoms with E-state index in [1.165, 1.54) is 18.3 Å². The van der Waals surface area contributed by atoms with Gasteiger partial charge in [-0.25, -0.2) is 9.78 Å². The Morgan fingerprint density at radius 1 is 1.69 bits per heavy atom. The molecule has 7 heteroatoms. The second kappa shape index (κ2) is 6.02. The van der Waals surface area contributed by atoms with Gasteiger partial charge in [0.2, 0.25) is 0 Å². The number of aromatic nitrogens is 1. The average molecular weight is 244 g/mol. The summed E-state index contributed by atoms with van der Waals surface area (Å²) in [6.45, 7) is -0.424. The van der Waals surface area contributed by atoms with Crippen molar-refractivity contribution >= 4 is 17.7 Å². The van der Waals surface area contributed by atoms with Crippen molar-refractivity contribution in [3.05, 3.63) is 23.9 Å². The molecule has 0 atom stereocenters. The van der Waals surface area contributed by atoms with E-state index in [-0.39, 0.29) is 22.4 Å². The molecule has 1 rings (SSSR count). The predicted molar refractivity (Wildman–Crippen MR) is 52.0 cm³/mol. The smallest absolute Gasteiger partial charge is 0.341 e. The normalized spacial score (nSPS) is 9.88. The minimum absolute atomic E-state index is 0.0666. The van der Waals surface area contributed by atoms with E-state index in [1.807, 2.05) is 0 Å². The second-order valence-corrected chi connectivity index (χ2v) is 3.45. The van der Waals surface area contributed by atoms with Crippen LogP contribution in [0.25, 0.3) is 0 Å². The van der Waals surface area contributed by atoms with Crippen molar-refractivity contribution in [3.8, 4) is 6.07 Å². The van der Waals surface area contributed by atoms with Crippen LogP contribution >= 0.6 is 11.8 Å². The van der Waals surface area contributed by atoms with Crippen LogP contribution in [0.1, 0.15) is 10.4 Å². The summed E-state index contributed by atoms with van der Waals surface area (Å²) in [5, 5.41) is 8.10. The molecule has 0 aliphatic rings. The lowest BCUT2D eigenvalue weighted by molar-refractivity contribution is 0.0550. The van der Waals surface area contributed by atoms with Gasteiger partial charge in [-0.3, -0.25) is 0 Å². The van der Waals surface area contributed by atoms with Crippen LogP contribution in [0.2, 0.25) is 0 Å². The Kier molecular flexibility index (Phi) is 4.66. The van der Waals surface area contributed by atoms with E-state index in [2.05, 4.69) is 9.72 Å². The lowest BCUT2D eigenvalue weighted by Crippen LogP contribution is -2.08. The first-order valence-electron chi connectivity index (χ1n) is 4.09. The number of hydrogen-bond donors (Lipinski definition) is 0. The van der Waals surface area contributed by atoms with Crippen LogP contribution in [-0.4, -0.2) is 23.3 Å². The monoisotopic (exact) mass is 244 g/mol. The number of nitriles is 1. The van der Waals surface area contributed by atoms with Crippen molar-refractivity contribution in [3.63, 3.8) is 0 Å². The van der Waals surface area contributed by atoms with Gasteiger partial charge in [0, 0.05) is 6.20 Å². The van der Waals surface area contributed by atoms with Crippen molar-refractivity contribution in [1.82, 2.24) is 4.98 Å². The molecule has 0 radical (unpaired) electrons. The number of alkyl halides is 2. The fourth-order valence-electron chi connectivity index (χ4n) is 0.900. The number of nitrogens with zero attached hydrogens (tertiary/aromatic N) is 2. The molecule has 0 amide bonds. The summed E-state index contributed by atoms with van der Waals surface area (Å²) >= 11 is 0.159. The highest BCUT2D eigenvalue weighted by molar-refractivity contribution is 7.99. The maximum absolute atomic E-state index is 12.1. The summed E-state index contributed by atoms with van der Waals surface area (Å²) in [5.74, 6) is -3.50. The molecule has 0 aliphatic carbocycles. The summed E-state index contributed by atoms with van der Waals surface area (Å²) < 4.78 is 28.8. The molecule has 16 heavy (non-hydrogen) atoms. The Bertz CT molecular complexity index is 420. The fourth-order valence-corrected chi connectivity index (χ4v) is 1.47. The summed E-state index contributed by atoms with van der Waals surface area (Å²) in [4.78, 5) is 15.0. The van der Waals surface area contributed by atoms with E-state index >= 15 is 0 Å². The highest BCUT2D eigenvalue weighted by Crippen LogP contribution is 2.26. The van der Waals surface area contributed by atoms with E-state index in [1.54, 1.807) is 6.07 Å². The second-order valence-electron chi connectivity index (χ2n) is 2.47. The van der Waals surface area contributed by atoms with Gasteiger partial charge >= 0.3 is 5.97 Å². The first-order valence-corrected chi connectivity index (χ1v) is 4.97. The molecule has 84 valence electrons. The van der Waals surface area contributed by atoms with Crippen molar-refractivity contribution < 1.29 is 18.3 Å². The SMILES string of the molecule is N#CCOC(=O)c1cccnc1SC(F)F. The third-order valence-electron chi connectivity index (χ3n) is 1.46. The molecule has 0 spiro atoms. The quantitative estimate of drug-likeness (QED) is 0.599. The topological polar surface area (TPSA) is 63.0 Å². The van der Waals surface area contributed by atoms with Gasteiger partial charge in [0.15, 0.2) is 6.61 Å². The standard InChI is InChI=1S/C9H6F2N2O2S/c10-9(11)16-7-6(2-1-4-13-7)8(14)15-5-3-12/h1-2,4,9H,5H2. The zero-order valence-electron chi connectivity index (χ0n) is 7.89. The molecule has 0 aromatic carbocycles. The Morgan fingerprint density at radius 3 is 3.06 bits per heavy atom. The zero-order valence-corrected chi connectivity index (χ0v) is 8.71. The van der Waals surface area contributed by atoms with Gasteiger partial charge in [-0.15, -0.1) is 0 Å². The number of esters is 1. The number of thioether (sulfide) groups is 1. The number of hydrogen-bond acceptors (Lipinski definition) is 5. The number of carbonyl (C=O) groups is 1. The van der Waals surface area contributed by atoms with Crippen LogP contribution in [0.5, 0.6) is 0 Å². The van der Waals surface area contributed by atoms with Gasteiger partial charge in [-0.1, -0.05) is 0 Å². The molecule has 0 N–H and O–H groups in total. The molecule has 1 heterocycles. The lowest BCUT2D eigenvalue weighted by Gasteiger charge is -2.05. The number of carbonyl (C=O) groups excluding carboxylic acids is 1. The lowest BCUT2D eigenvalue weighted by atomic mass is 10.3. The molecule has 1 aromatic rings. The highest BCUT2D eigenvalue weighted by atomic mass is 32.2. The number of pyridine rings is 1. The van der Waals surface area contributed by atoms with E-state index in [9.17, 15) is 13.6 Å². The summed E-state index contributed by atoms with van der Waals surface area (Å²) in [6, 6.07) is 4.36. The molecule has 0 saturated heterocycles. The number of halogens is 2. The highest BCUT2D eigenvalue weighted by Gasteiger charge is 2.17. The van der Waals surface area contributed by atoms with Gasteiger partial charge in [0.25, 0.3) is 5.76 Å². The molecular weight excluding hydrogens is 238 g/mol. The number of rotatable bonds is 4. The van der Waals surface area contributed by atoms with Crippen LogP contribution in [0.3, 0.4) is 0 Å². The molecule has 0 fully saturated rings. The molecule has 0 saturated carbocycles. The molecule has 0 bridgehead atoms. The van der Waals surface area contributed by atoms with Crippen molar-refractivity contribution in [1.29, 1.82) is 5.26 Å². The Balaban J connectivity index is 2.86. The molecule has 0 unspecified atom stereocenters. The summed E-state index contributed by atoms with van der Waals surface area (Å²) in [6.07, 6.45) is 1.30. The minimum Gasteiger partial charge on any atom is -0.447 e. The van der Waals surface area contributed by atoms with Crippen LogP contribution in [0.15, 0.2) is 23.4 Å². The fraction of sp³-hybridized carbons (Fsp3) is 0.222. The van der Waals surface area contributed by atoms with E-state index in [4.69, 9.17) is 5.26 Å². The Labute approximate surface area is 94.2 Å². The van der Waals surface area contributed by atoms with Crippen molar-refractivity contribution in [2.45, 2.75) is 10.8 Å². The summed E-state index contributed by atoms with van der Waals surface area (Å²) in [7, 11) is 0. The van der Waals surface area contributed by atoms with Gasteiger partial charge in [-0.05, 0) is 23.9 Å². The molecule has 0 aliphatic heterocycles. The largest absolute Gasteiger partial charge is 0.447 e. The molecule has 1 aromatic heterocycles. The molecular formula is C9H6F2N2O2S.